The number of aryl methyl sites for hydroxylation is 2. The van der Waals surface area contributed by atoms with Gasteiger partial charge in [-0.25, -0.2) is 0 Å². The Balaban J connectivity index is 1.77. The van der Waals surface area contributed by atoms with Gasteiger partial charge in [-0.2, -0.15) is 0 Å². The van der Waals surface area contributed by atoms with Crippen LogP contribution in [0.1, 0.15) is 29.2 Å². The molecule has 0 radical (unpaired) electrons. The number of hydrogen-bond donors (Lipinski definition) is 2. The molecular weight excluding hydrogens is 272 g/mol. The van der Waals surface area contributed by atoms with Crippen molar-refractivity contribution in [2.45, 2.75) is 25.8 Å². The van der Waals surface area contributed by atoms with E-state index in [-0.39, 0.29) is 5.91 Å². The summed E-state index contributed by atoms with van der Waals surface area (Å²) in [6.07, 6.45) is 3.38. The third-order valence-electron chi connectivity index (χ3n) is 4.03. The SMILES string of the molecule is C=CC(=O)Nc1ccc2c(c1)CCC2Nc1cccc(C)c1. The molecule has 112 valence electrons. The summed E-state index contributed by atoms with van der Waals surface area (Å²) in [7, 11) is 0. The third-order valence-corrected chi connectivity index (χ3v) is 4.03. The second-order valence-electron chi connectivity index (χ2n) is 5.71. The van der Waals surface area contributed by atoms with E-state index in [1.54, 1.807) is 0 Å². The molecule has 0 heterocycles. The van der Waals surface area contributed by atoms with Crippen LogP contribution in [-0.4, -0.2) is 5.91 Å². The normalized spacial score (nSPS) is 16.0. The molecule has 0 saturated heterocycles. The van der Waals surface area contributed by atoms with Crippen molar-refractivity contribution in [3.8, 4) is 0 Å². The number of amides is 1. The lowest BCUT2D eigenvalue weighted by Gasteiger charge is -2.16. The van der Waals surface area contributed by atoms with Crippen molar-refractivity contribution >= 4 is 17.3 Å². The first-order valence-corrected chi connectivity index (χ1v) is 7.55. The minimum atomic E-state index is -0.174. The van der Waals surface area contributed by atoms with Gasteiger partial charge in [-0.1, -0.05) is 24.8 Å². The molecule has 0 saturated carbocycles. The lowest BCUT2D eigenvalue weighted by molar-refractivity contribution is -0.111. The molecule has 3 rings (SSSR count). The monoisotopic (exact) mass is 292 g/mol. The van der Waals surface area contributed by atoms with Gasteiger partial charge in [-0.3, -0.25) is 4.79 Å². The molecule has 22 heavy (non-hydrogen) atoms. The van der Waals surface area contributed by atoms with Gasteiger partial charge in [0.1, 0.15) is 0 Å². The molecule has 3 nitrogen and oxygen atoms in total. The predicted octanol–water partition coefficient (Wildman–Crippen LogP) is 4.22. The van der Waals surface area contributed by atoms with E-state index in [0.717, 1.165) is 24.2 Å². The number of fused-ring (bicyclic) bond motifs is 1. The quantitative estimate of drug-likeness (QED) is 0.828. The van der Waals surface area contributed by atoms with Crippen LogP contribution in [0.4, 0.5) is 11.4 Å². The number of nitrogens with one attached hydrogen (secondary N) is 2. The van der Waals surface area contributed by atoms with Crippen molar-refractivity contribution in [2.24, 2.45) is 0 Å². The van der Waals surface area contributed by atoms with Crippen LogP contribution in [-0.2, 0) is 11.2 Å². The topological polar surface area (TPSA) is 41.1 Å². The summed E-state index contributed by atoms with van der Waals surface area (Å²) in [6.45, 7) is 5.57. The maximum absolute atomic E-state index is 11.4. The van der Waals surface area contributed by atoms with Crippen LogP contribution in [0.15, 0.2) is 55.1 Å². The molecule has 1 aliphatic rings. The molecule has 2 aromatic rings. The van der Waals surface area contributed by atoms with E-state index in [0.29, 0.717) is 6.04 Å². The molecule has 0 bridgehead atoms. The average Bonchev–Trinajstić information content (AvgIpc) is 2.89. The van der Waals surface area contributed by atoms with Gasteiger partial charge in [-0.05, 0) is 66.8 Å². The summed E-state index contributed by atoms with van der Waals surface area (Å²) in [5.41, 5.74) is 5.86. The fourth-order valence-electron chi connectivity index (χ4n) is 2.97. The average molecular weight is 292 g/mol. The van der Waals surface area contributed by atoms with Crippen molar-refractivity contribution in [2.75, 3.05) is 10.6 Å². The Morgan fingerprint density at radius 2 is 2.09 bits per heavy atom. The molecule has 1 atom stereocenters. The number of rotatable bonds is 4. The summed E-state index contributed by atoms with van der Waals surface area (Å²) in [6, 6.07) is 14.9. The Hall–Kier alpha value is -2.55. The van der Waals surface area contributed by atoms with Crippen LogP contribution >= 0.6 is 0 Å². The largest absolute Gasteiger partial charge is 0.378 e. The Morgan fingerprint density at radius 3 is 2.86 bits per heavy atom. The van der Waals surface area contributed by atoms with E-state index in [1.807, 2.05) is 6.07 Å². The zero-order chi connectivity index (χ0) is 15.5. The molecule has 1 unspecified atom stereocenters. The van der Waals surface area contributed by atoms with Gasteiger partial charge >= 0.3 is 0 Å². The highest BCUT2D eigenvalue weighted by molar-refractivity contribution is 5.98. The molecule has 2 aromatic carbocycles. The second kappa shape index (κ2) is 6.06. The molecule has 3 heteroatoms. The van der Waals surface area contributed by atoms with E-state index < -0.39 is 0 Å². The first-order chi connectivity index (χ1) is 10.7. The van der Waals surface area contributed by atoms with Crippen molar-refractivity contribution in [1.82, 2.24) is 0 Å². The molecule has 1 aliphatic carbocycles. The number of carbonyl (C=O) groups excluding carboxylic acids is 1. The summed E-state index contributed by atoms with van der Waals surface area (Å²) >= 11 is 0. The maximum Gasteiger partial charge on any atom is 0.247 e. The van der Waals surface area contributed by atoms with Crippen LogP contribution in [0.25, 0.3) is 0 Å². The zero-order valence-electron chi connectivity index (χ0n) is 12.7. The summed E-state index contributed by atoms with van der Waals surface area (Å²) in [5, 5.41) is 6.42. The maximum atomic E-state index is 11.4. The molecule has 0 fully saturated rings. The van der Waals surface area contributed by atoms with Crippen molar-refractivity contribution < 1.29 is 4.79 Å². The highest BCUT2D eigenvalue weighted by Gasteiger charge is 2.22. The fourth-order valence-corrected chi connectivity index (χ4v) is 2.97. The highest BCUT2D eigenvalue weighted by Crippen LogP contribution is 2.35. The minimum absolute atomic E-state index is 0.174. The Kier molecular flexibility index (Phi) is 3.96. The smallest absolute Gasteiger partial charge is 0.247 e. The van der Waals surface area contributed by atoms with E-state index in [4.69, 9.17) is 0 Å². The van der Waals surface area contributed by atoms with Crippen LogP contribution in [0.2, 0.25) is 0 Å². The first-order valence-electron chi connectivity index (χ1n) is 7.55. The van der Waals surface area contributed by atoms with E-state index in [9.17, 15) is 4.79 Å². The molecule has 0 aliphatic heterocycles. The second-order valence-corrected chi connectivity index (χ2v) is 5.71. The standard InChI is InChI=1S/C19H20N2O/c1-3-19(22)21-16-8-9-17-14(12-16)7-10-18(17)20-15-6-4-5-13(2)11-15/h3-6,8-9,11-12,18,20H,1,7,10H2,2H3,(H,21,22). The van der Waals surface area contributed by atoms with E-state index in [2.05, 4.69) is 60.5 Å². The van der Waals surface area contributed by atoms with Gasteiger partial charge in [0.15, 0.2) is 0 Å². The highest BCUT2D eigenvalue weighted by atomic mass is 16.1. The van der Waals surface area contributed by atoms with Crippen LogP contribution in [0, 0.1) is 6.92 Å². The van der Waals surface area contributed by atoms with Crippen LogP contribution < -0.4 is 10.6 Å². The number of carbonyl (C=O) groups is 1. The van der Waals surface area contributed by atoms with Gasteiger partial charge in [0, 0.05) is 11.4 Å². The minimum Gasteiger partial charge on any atom is -0.378 e. The number of anilines is 2. The van der Waals surface area contributed by atoms with Gasteiger partial charge in [0.05, 0.1) is 6.04 Å². The van der Waals surface area contributed by atoms with Crippen molar-refractivity contribution in [3.05, 3.63) is 71.8 Å². The van der Waals surface area contributed by atoms with E-state index in [1.165, 1.54) is 22.8 Å². The Morgan fingerprint density at radius 1 is 1.23 bits per heavy atom. The Labute approximate surface area is 131 Å². The zero-order valence-corrected chi connectivity index (χ0v) is 12.7. The van der Waals surface area contributed by atoms with Crippen molar-refractivity contribution in [3.63, 3.8) is 0 Å². The molecule has 2 N–H and O–H groups in total. The van der Waals surface area contributed by atoms with Gasteiger partial charge in [-0.15, -0.1) is 0 Å². The third kappa shape index (κ3) is 3.03. The van der Waals surface area contributed by atoms with Gasteiger partial charge < -0.3 is 10.6 Å². The molecule has 1 amide bonds. The number of benzene rings is 2. The number of hydrogen-bond acceptors (Lipinski definition) is 2. The van der Waals surface area contributed by atoms with E-state index >= 15 is 0 Å². The molecular formula is C19H20N2O. The summed E-state index contributed by atoms with van der Waals surface area (Å²) < 4.78 is 0. The first kappa shape index (κ1) is 14.4. The van der Waals surface area contributed by atoms with Gasteiger partial charge in [0.2, 0.25) is 5.91 Å². The van der Waals surface area contributed by atoms with Gasteiger partial charge in [0.25, 0.3) is 0 Å². The predicted molar refractivity (Wildman–Crippen MR) is 91.1 cm³/mol. The Bertz CT molecular complexity index is 721. The van der Waals surface area contributed by atoms with Crippen LogP contribution in [0.5, 0.6) is 0 Å². The molecule has 0 spiro atoms. The summed E-state index contributed by atoms with van der Waals surface area (Å²) in [5.74, 6) is -0.174. The van der Waals surface area contributed by atoms with Crippen molar-refractivity contribution in [1.29, 1.82) is 0 Å². The fraction of sp³-hybridized carbons (Fsp3) is 0.211. The molecule has 0 aromatic heterocycles. The lowest BCUT2D eigenvalue weighted by Crippen LogP contribution is -2.09. The summed E-state index contributed by atoms with van der Waals surface area (Å²) in [4.78, 5) is 11.4. The lowest BCUT2D eigenvalue weighted by atomic mass is 10.1. The van der Waals surface area contributed by atoms with Crippen LogP contribution in [0.3, 0.4) is 0 Å².